The van der Waals surface area contributed by atoms with Crippen LogP contribution in [0.3, 0.4) is 0 Å². The Morgan fingerprint density at radius 3 is 2.55 bits per heavy atom. The Balaban J connectivity index is 1.83. The van der Waals surface area contributed by atoms with Crippen LogP contribution in [-0.4, -0.2) is 18.0 Å². The molecule has 0 aromatic carbocycles. The van der Waals surface area contributed by atoms with E-state index in [1.165, 1.54) is 9.75 Å². The summed E-state index contributed by atoms with van der Waals surface area (Å²) in [6, 6.07) is 3.92. The minimum absolute atomic E-state index is 0.685. The molecule has 2 rings (SSSR count). The van der Waals surface area contributed by atoms with Gasteiger partial charge < -0.3 is 10.6 Å². The quantitative estimate of drug-likeness (QED) is 0.668. The number of thiazole rings is 1. The minimum atomic E-state index is 0.685. The molecule has 0 saturated heterocycles. The Kier molecular flexibility index (Phi) is 5.39. The van der Waals surface area contributed by atoms with Crippen molar-refractivity contribution in [2.45, 2.75) is 26.9 Å². The molecule has 4 nitrogen and oxygen atoms in total. The molecular weight excluding hydrogens is 312 g/mol. The van der Waals surface area contributed by atoms with Gasteiger partial charge in [-0.15, -0.1) is 22.7 Å². The second kappa shape index (κ2) is 7.06. The Morgan fingerprint density at radius 2 is 2.00 bits per heavy atom. The van der Waals surface area contributed by atoms with E-state index in [4.69, 9.17) is 11.6 Å². The maximum Gasteiger partial charge on any atom is 0.191 e. The number of nitrogens with zero attached hydrogens (tertiary/aromatic N) is 2. The summed E-state index contributed by atoms with van der Waals surface area (Å²) in [7, 11) is 1.76. The van der Waals surface area contributed by atoms with Gasteiger partial charge in [-0.1, -0.05) is 11.6 Å². The van der Waals surface area contributed by atoms with Gasteiger partial charge in [-0.05, 0) is 26.0 Å². The molecule has 108 valence electrons. The summed E-state index contributed by atoms with van der Waals surface area (Å²) in [4.78, 5) is 11.1. The Hall–Kier alpha value is -1.11. The van der Waals surface area contributed by atoms with E-state index in [1.807, 2.05) is 19.1 Å². The molecule has 0 atom stereocenters. The predicted octanol–water partition coefficient (Wildman–Crippen LogP) is 3.34. The van der Waals surface area contributed by atoms with Crippen LogP contribution in [0.5, 0.6) is 0 Å². The maximum absolute atomic E-state index is 5.91. The number of halogens is 1. The average molecular weight is 329 g/mol. The molecule has 2 heterocycles. The fraction of sp³-hybridized carbons (Fsp3) is 0.385. The summed E-state index contributed by atoms with van der Waals surface area (Å²) < 4.78 is 0.804. The summed E-state index contributed by atoms with van der Waals surface area (Å²) >= 11 is 9.19. The van der Waals surface area contributed by atoms with Crippen molar-refractivity contribution < 1.29 is 0 Å². The summed E-state index contributed by atoms with van der Waals surface area (Å²) in [5.41, 5.74) is 1.10. The normalized spacial score (nSPS) is 11.7. The van der Waals surface area contributed by atoms with Crippen LogP contribution >= 0.6 is 34.3 Å². The first-order valence-electron chi connectivity index (χ1n) is 6.20. The van der Waals surface area contributed by atoms with E-state index in [9.17, 15) is 0 Å². The van der Waals surface area contributed by atoms with Crippen molar-refractivity contribution in [3.8, 4) is 0 Å². The van der Waals surface area contributed by atoms with Crippen LogP contribution in [-0.2, 0) is 13.1 Å². The largest absolute Gasteiger partial charge is 0.352 e. The molecule has 0 saturated carbocycles. The van der Waals surface area contributed by atoms with Crippen molar-refractivity contribution in [2.75, 3.05) is 7.05 Å². The fourth-order valence-electron chi connectivity index (χ4n) is 1.61. The summed E-state index contributed by atoms with van der Waals surface area (Å²) in [5, 5.41) is 7.59. The van der Waals surface area contributed by atoms with Crippen molar-refractivity contribution in [1.29, 1.82) is 0 Å². The van der Waals surface area contributed by atoms with Crippen LogP contribution in [0.1, 0.15) is 20.5 Å². The van der Waals surface area contributed by atoms with Crippen LogP contribution in [0.15, 0.2) is 17.1 Å². The third-order valence-corrected chi connectivity index (χ3v) is 5.07. The highest BCUT2D eigenvalue weighted by Gasteiger charge is 2.05. The van der Waals surface area contributed by atoms with E-state index in [2.05, 4.69) is 27.5 Å². The molecule has 0 aliphatic rings. The van der Waals surface area contributed by atoms with E-state index in [-0.39, 0.29) is 0 Å². The summed E-state index contributed by atoms with van der Waals surface area (Å²) in [5.74, 6) is 0.764. The topological polar surface area (TPSA) is 49.3 Å². The highest BCUT2D eigenvalue weighted by molar-refractivity contribution is 7.16. The van der Waals surface area contributed by atoms with E-state index < -0.39 is 0 Å². The second-order valence-corrected chi connectivity index (χ2v) is 7.32. The van der Waals surface area contributed by atoms with Gasteiger partial charge in [0.15, 0.2) is 5.96 Å². The Labute approximate surface area is 131 Å². The molecule has 0 bridgehead atoms. The lowest BCUT2D eigenvalue weighted by molar-refractivity contribution is 0.809. The zero-order valence-corrected chi connectivity index (χ0v) is 14.0. The van der Waals surface area contributed by atoms with Gasteiger partial charge in [-0.3, -0.25) is 4.99 Å². The number of nitrogens with one attached hydrogen (secondary N) is 2. The summed E-state index contributed by atoms with van der Waals surface area (Å²) in [6.07, 6.45) is 0. The number of hydrogen-bond acceptors (Lipinski definition) is 4. The highest BCUT2D eigenvalue weighted by Crippen LogP contribution is 2.21. The van der Waals surface area contributed by atoms with Gasteiger partial charge in [0, 0.05) is 16.8 Å². The number of aromatic nitrogens is 1. The van der Waals surface area contributed by atoms with Crippen LogP contribution in [0.2, 0.25) is 4.34 Å². The second-order valence-electron chi connectivity index (χ2n) is 4.23. The van der Waals surface area contributed by atoms with E-state index in [0.29, 0.717) is 13.1 Å². The van der Waals surface area contributed by atoms with Crippen molar-refractivity contribution >= 4 is 40.2 Å². The lowest BCUT2D eigenvalue weighted by Crippen LogP contribution is -2.36. The SMILES string of the molecule is CN=C(NCc1ccc(Cl)s1)NCc1nc(C)c(C)s1. The van der Waals surface area contributed by atoms with Gasteiger partial charge in [0.2, 0.25) is 0 Å². The Morgan fingerprint density at radius 1 is 1.25 bits per heavy atom. The predicted molar refractivity (Wildman–Crippen MR) is 88.0 cm³/mol. The molecule has 20 heavy (non-hydrogen) atoms. The van der Waals surface area contributed by atoms with E-state index in [0.717, 1.165) is 21.0 Å². The molecular formula is C13H17ClN4S2. The monoisotopic (exact) mass is 328 g/mol. The third-order valence-electron chi connectivity index (χ3n) is 2.76. The van der Waals surface area contributed by atoms with Gasteiger partial charge in [0.05, 0.1) is 23.1 Å². The molecule has 0 unspecified atom stereocenters. The lowest BCUT2D eigenvalue weighted by Gasteiger charge is -2.09. The molecule has 7 heteroatoms. The molecule has 0 fully saturated rings. The molecule has 0 aliphatic carbocycles. The average Bonchev–Trinajstić information content (AvgIpc) is 2.97. The molecule has 0 radical (unpaired) electrons. The van der Waals surface area contributed by atoms with Crippen molar-refractivity contribution in [3.63, 3.8) is 0 Å². The zero-order valence-electron chi connectivity index (χ0n) is 11.7. The molecule has 2 N–H and O–H groups in total. The molecule has 0 spiro atoms. The van der Waals surface area contributed by atoms with Crippen molar-refractivity contribution in [2.24, 2.45) is 4.99 Å². The fourth-order valence-corrected chi connectivity index (χ4v) is 3.51. The smallest absolute Gasteiger partial charge is 0.191 e. The number of rotatable bonds is 4. The van der Waals surface area contributed by atoms with Gasteiger partial charge in [-0.2, -0.15) is 0 Å². The number of thiophene rings is 1. The molecule has 0 amide bonds. The molecule has 2 aromatic rings. The van der Waals surface area contributed by atoms with Gasteiger partial charge in [-0.25, -0.2) is 4.98 Å². The first-order chi connectivity index (χ1) is 9.58. The van der Waals surface area contributed by atoms with Gasteiger partial charge in [0.1, 0.15) is 5.01 Å². The number of aliphatic imine (C=N–C) groups is 1. The molecule has 0 aliphatic heterocycles. The van der Waals surface area contributed by atoms with Crippen molar-refractivity contribution in [1.82, 2.24) is 15.6 Å². The first kappa shape index (κ1) is 15.3. The highest BCUT2D eigenvalue weighted by atomic mass is 35.5. The van der Waals surface area contributed by atoms with Crippen LogP contribution in [0.4, 0.5) is 0 Å². The van der Waals surface area contributed by atoms with Crippen LogP contribution in [0, 0.1) is 13.8 Å². The third kappa shape index (κ3) is 4.19. The first-order valence-corrected chi connectivity index (χ1v) is 8.21. The molecule has 2 aromatic heterocycles. The zero-order chi connectivity index (χ0) is 14.5. The van der Waals surface area contributed by atoms with Gasteiger partial charge in [0.25, 0.3) is 0 Å². The van der Waals surface area contributed by atoms with Gasteiger partial charge >= 0.3 is 0 Å². The van der Waals surface area contributed by atoms with E-state index >= 15 is 0 Å². The summed E-state index contributed by atoms with van der Waals surface area (Å²) in [6.45, 7) is 5.52. The van der Waals surface area contributed by atoms with E-state index in [1.54, 1.807) is 29.7 Å². The Bertz CT molecular complexity index is 584. The lowest BCUT2D eigenvalue weighted by atomic mass is 10.4. The maximum atomic E-state index is 5.91. The van der Waals surface area contributed by atoms with Crippen LogP contribution in [0.25, 0.3) is 0 Å². The number of hydrogen-bond donors (Lipinski definition) is 2. The number of guanidine groups is 1. The van der Waals surface area contributed by atoms with Crippen molar-refractivity contribution in [3.05, 3.63) is 36.9 Å². The minimum Gasteiger partial charge on any atom is -0.352 e. The standard InChI is InChI=1S/C13H17ClN4S2/c1-8-9(2)19-12(18-8)7-17-13(15-3)16-6-10-4-5-11(14)20-10/h4-5H,6-7H2,1-3H3,(H2,15,16,17). The van der Waals surface area contributed by atoms with Crippen LogP contribution < -0.4 is 10.6 Å². The number of aryl methyl sites for hydroxylation is 2.